The first-order chi connectivity index (χ1) is 9.04. The molecule has 2 amide bonds. The molecule has 0 saturated heterocycles. The molecule has 1 aromatic rings. The second kappa shape index (κ2) is 7.52. The highest BCUT2D eigenvalue weighted by Crippen LogP contribution is 2.07. The van der Waals surface area contributed by atoms with Crippen LogP contribution in [-0.4, -0.2) is 47.4 Å². The third-order valence-corrected chi connectivity index (χ3v) is 3.30. The van der Waals surface area contributed by atoms with E-state index in [1.54, 1.807) is 24.4 Å². The van der Waals surface area contributed by atoms with Crippen LogP contribution in [0.15, 0.2) is 17.5 Å². The molecular formula is C12H16N2O4S. The van der Waals surface area contributed by atoms with Crippen LogP contribution in [-0.2, 0) is 9.59 Å². The summed E-state index contributed by atoms with van der Waals surface area (Å²) in [5.74, 6) is -1.54. The summed E-state index contributed by atoms with van der Waals surface area (Å²) in [6, 6.07) is 3.47. The Labute approximate surface area is 115 Å². The lowest BCUT2D eigenvalue weighted by atomic mass is 10.3. The number of thiophene rings is 1. The van der Waals surface area contributed by atoms with Crippen molar-refractivity contribution in [1.82, 2.24) is 10.2 Å². The molecule has 0 bridgehead atoms. The van der Waals surface area contributed by atoms with Crippen LogP contribution in [0.3, 0.4) is 0 Å². The molecule has 0 aliphatic rings. The summed E-state index contributed by atoms with van der Waals surface area (Å²) in [4.78, 5) is 35.6. The first-order valence-corrected chi connectivity index (χ1v) is 6.73. The van der Waals surface area contributed by atoms with Crippen molar-refractivity contribution in [2.45, 2.75) is 13.3 Å². The number of carbonyl (C=O) groups is 3. The summed E-state index contributed by atoms with van der Waals surface area (Å²) in [7, 11) is 0. The van der Waals surface area contributed by atoms with Gasteiger partial charge in [-0.05, 0) is 18.4 Å². The van der Waals surface area contributed by atoms with Gasteiger partial charge in [0.05, 0.1) is 4.88 Å². The van der Waals surface area contributed by atoms with Gasteiger partial charge >= 0.3 is 5.97 Å². The summed E-state index contributed by atoms with van der Waals surface area (Å²) in [6.07, 6.45) is 0.0955. The Balaban J connectivity index is 2.33. The van der Waals surface area contributed by atoms with Crippen molar-refractivity contribution in [2.24, 2.45) is 0 Å². The van der Waals surface area contributed by atoms with Gasteiger partial charge in [0, 0.05) is 19.5 Å². The monoisotopic (exact) mass is 284 g/mol. The summed E-state index contributed by atoms with van der Waals surface area (Å²) in [5, 5.41) is 13.1. The summed E-state index contributed by atoms with van der Waals surface area (Å²) in [5.41, 5.74) is 0. The molecule has 0 radical (unpaired) electrons. The molecule has 0 aliphatic heterocycles. The van der Waals surface area contributed by atoms with Crippen molar-refractivity contribution < 1.29 is 19.5 Å². The lowest BCUT2D eigenvalue weighted by Gasteiger charge is -2.18. The normalized spacial score (nSPS) is 9.95. The average Bonchev–Trinajstić information content (AvgIpc) is 2.89. The fourth-order valence-electron chi connectivity index (χ4n) is 1.48. The van der Waals surface area contributed by atoms with E-state index >= 15 is 0 Å². The van der Waals surface area contributed by atoms with Gasteiger partial charge in [-0.1, -0.05) is 6.07 Å². The van der Waals surface area contributed by atoms with E-state index in [4.69, 9.17) is 5.11 Å². The number of hydrogen-bond donors (Lipinski definition) is 2. The Bertz CT molecular complexity index is 445. The molecular weight excluding hydrogens is 268 g/mol. The van der Waals surface area contributed by atoms with Crippen LogP contribution in [0.25, 0.3) is 0 Å². The first-order valence-electron chi connectivity index (χ1n) is 5.85. The Kier molecular flexibility index (Phi) is 6.01. The highest BCUT2D eigenvalue weighted by atomic mass is 32.1. The Hall–Kier alpha value is -1.89. The average molecular weight is 284 g/mol. The van der Waals surface area contributed by atoms with E-state index in [9.17, 15) is 14.4 Å². The predicted molar refractivity (Wildman–Crippen MR) is 71.2 cm³/mol. The van der Waals surface area contributed by atoms with Gasteiger partial charge in [-0.15, -0.1) is 11.3 Å². The van der Waals surface area contributed by atoms with E-state index in [2.05, 4.69) is 5.32 Å². The molecule has 0 atom stereocenters. The van der Waals surface area contributed by atoms with E-state index in [1.165, 1.54) is 16.2 Å². The zero-order valence-corrected chi connectivity index (χ0v) is 11.4. The zero-order chi connectivity index (χ0) is 14.3. The van der Waals surface area contributed by atoms with Crippen molar-refractivity contribution in [2.75, 3.05) is 19.6 Å². The molecule has 0 fully saturated rings. The second-order valence-electron chi connectivity index (χ2n) is 3.78. The smallest absolute Gasteiger partial charge is 0.323 e. The largest absolute Gasteiger partial charge is 0.480 e. The summed E-state index contributed by atoms with van der Waals surface area (Å²) in [6.45, 7) is 1.94. The zero-order valence-electron chi connectivity index (χ0n) is 10.6. The second-order valence-corrected chi connectivity index (χ2v) is 4.73. The van der Waals surface area contributed by atoms with Gasteiger partial charge in [-0.2, -0.15) is 0 Å². The molecule has 2 N–H and O–H groups in total. The SMILES string of the molecule is CCN(CC(=O)O)C(=O)CCNC(=O)c1cccs1. The van der Waals surface area contributed by atoms with Gasteiger partial charge < -0.3 is 15.3 Å². The van der Waals surface area contributed by atoms with Crippen molar-refractivity contribution in [3.05, 3.63) is 22.4 Å². The predicted octanol–water partition coefficient (Wildman–Crippen LogP) is 0.801. The third kappa shape index (κ3) is 5.09. The number of nitrogens with zero attached hydrogens (tertiary/aromatic N) is 1. The fourth-order valence-corrected chi connectivity index (χ4v) is 2.12. The summed E-state index contributed by atoms with van der Waals surface area (Å²) >= 11 is 1.32. The van der Waals surface area contributed by atoms with Crippen molar-refractivity contribution in [3.8, 4) is 0 Å². The fraction of sp³-hybridized carbons (Fsp3) is 0.417. The Morgan fingerprint density at radius 3 is 2.68 bits per heavy atom. The molecule has 1 heterocycles. The molecule has 0 unspecified atom stereocenters. The van der Waals surface area contributed by atoms with Gasteiger partial charge in [-0.3, -0.25) is 14.4 Å². The van der Waals surface area contributed by atoms with Crippen LogP contribution in [0.2, 0.25) is 0 Å². The minimum absolute atomic E-state index is 0.0955. The number of likely N-dealkylation sites (N-methyl/N-ethyl adjacent to an activating group) is 1. The molecule has 104 valence electrons. The maximum Gasteiger partial charge on any atom is 0.323 e. The maximum atomic E-state index is 11.7. The molecule has 0 aliphatic carbocycles. The van der Waals surface area contributed by atoms with Crippen LogP contribution in [0, 0.1) is 0 Å². The van der Waals surface area contributed by atoms with E-state index in [0.717, 1.165) is 0 Å². The van der Waals surface area contributed by atoms with Crippen LogP contribution in [0.1, 0.15) is 23.0 Å². The molecule has 6 nitrogen and oxygen atoms in total. The minimum Gasteiger partial charge on any atom is -0.480 e. The minimum atomic E-state index is -1.04. The van der Waals surface area contributed by atoms with Crippen LogP contribution in [0.4, 0.5) is 0 Å². The third-order valence-electron chi connectivity index (χ3n) is 2.43. The van der Waals surface area contributed by atoms with E-state index in [-0.39, 0.29) is 31.3 Å². The standard InChI is InChI=1S/C12H16N2O4S/c1-2-14(8-11(16)17)10(15)5-6-13-12(18)9-4-3-7-19-9/h3-4,7H,2,5-6,8H2,1H3,(H,13,18)(H,16,17). The highest BCUT2D eigenvalue weighted by Gasteiger charge is 2.15. The summed E-state index contributed by atoms with van der Waals surface area (Å²) < 4.78 is 0. The van der Waals surface area contributed by atoms with E-state index in [0.29, 0.717) is 11.4 Å². The van der Waals surface area contributed by atoms with Gasteiger partial charge in [0.2, 0.25) is 5.91 Å². The molecule has 7 heteroatoms. The van der Waals surface area contributed by atoms with Gasteiger partial charge in [0.25, 0.3) is 5.91 Å². The van der Waals surface area contributed by atoms with Gasteiger partial charge in [0.1, 0.15) is 6.54 Å². The highest BCUT2D eigenvalue weighted by molar-refractivity contribution is 7.12. The van der Waals surface area contributed by atoms with Gasteiger partial charge in [0.15, 0.2) is 0 Å². The quantitative estimate of drug-likeness (QED) is 0.775. The number of amides is 2. The van der Waals surface area contributed by atoms with Crippen molar-refractivity contribution >= 4 is 29.1 Å². The molecule has 1 rings (SSSR count). The lowest BCUT2D eigenvalue weighted by molar-refractivity contribution is -0.144. The molecule has 19 heavy (non-hydrogen) atoms. The van der Waals surface area contributed by atoms with E-state index < -0.39 is 5.97 Å². The van der Waals surface area contributed by atoms with E-state index in [1.807, 2.05) is 0 Å². The number of carbonyl (C=O) groups excluding carboxylic acids is 2. The van der Waals surface area contributed by atoms with Crippen LogP contribution >= 0.6 is 11.3 Å². The molecule has 0 aromatic carbocycles. The van der Waals surface area contributed by atoms with Crippen molar-refractivity contribution in [3.63, 3.8) is 0 Å². The lowest BCUT2D eigenvalue weighted by Crippen LogP contribution is -2.37. The Morgan fingerprint density at radius 1 is 1.42 bits per heavy atom. The number of carboxylic acids is 1. The number of carboxylic acid groups (broad SMARTS) is 1. The first kappa shape index (κ1) is 15.2. The topological polar surface area (TPSA) is 86.7 Å². The van der Waals surface area contributed by atoms with Crippen molar-refractivity contribution in [1.29, 1.82) is 0 Å². The molecule has 0 spiro atoms. The van der Waals surface area contributed by atoms with Crippen LogP contribution < -0.4 is 5.32 Å². The molecule has 0 saturated carbocycles. The Morgan fingerprint density at radius 2 is 2.16 bits per heavy atom. The maximum absolute atomic E-state index is 11.7. The number of aliphatic carboxylic acids is 1. The number of rotatable bonds is 7. The number of hydrogen-bond acceptors (Lipinski definition) is 4. The molecule has 1 aromatic heterocycles. The van der Waals surface area contributed by atoms with Crippen LogP contribution in [0.5, 0.6) is 0 Å². The number of nitrogens with one attached hydrogen (secondary N) is 1. The van der Waals surface area contributed by atoms with Gasteiger partial charge in [-0.25, -0.2) is 0 Å².